The molecule has 8 heteroatoms. The first-order valence-corrected chi connectivity index (χ1v) is 10.6. The minimum Gasteiger partial charge on any atom is -0.373 e. The predicted molar refractivity (Wildman–Crippen MR) is 116 cm³/mol. The van der Waals surface area contributed by atoms with Crippen molar-refractivity contribution < 1.29 is 18.7 Å². The van der Waals surface area contributed by atoms with Crippen molar-refractivity contribution >= 4 is 11.8 Å². The number of carbonyl (C=O) groups excluding carboxylic acids is 2. The Kier molecular flexibility index (Phi) is 6.61. The van der Waals surface area contributed by atoms with Gasteiger partial charge in [-0.25, -0.2) is 4.39 Å². The first kappa shape index (κ1) is 21.7. The molecule has 2 amide bonds. The highest BCUT2D eigenvalue weighted by atomic mass is 19.1. The molecule has 3 heterocycles. The number of aromatic nitrogens is 2. The molecule has 32 heavy (non-hydrogen) atoms. The molecule has 166 valence electrons. The van der Waals surface area contributed by atoms with E-state index in [1.54, 1.807) is 6.07 Å². The molecule has 1 aromatic carbocycles. The first-order valence-electron chi connectivity index (χ1n) is 10.6. The lowest BCUT2D eigenvalue weighted by molar-refractivity contribution is 0.0776. The maximum atomic E-state index is 13.4. The maximum Gasteiger partial charge on any atom is 0.268 e. The number of halogens is 1. The number of fused-ring (bicyclic) bond motifs is 1. The molecule has 0 aliphatic carbocycles. The van der Waals surface area contributed by atoms with Gasteiger partial charge in [0.15, 0.2) is 0 Å². The van der Waals surface area contributed by atoms with E-state index >= 15 is 0 Å². The van der Waals surface area contributed by atoms with Gasteiger partial charge in [-0.3, -0.25) is 14.6 Å². The van der Waals surface area contributed by atoms with E-state index in [1.807, 2.05) is 41.8 Å². The van der Waals surface area contributed by atoms with Crippen LogP contribution in [0.25, 0.3) is 0 Å². The fraction of sp³-hybridized carbons (Fsp3) is 0.292. The van der Waals surface area contributed by atoms with Crippen molar-refractivity contribution in [3.05, 3.63) is 88.8 Å². The van der Waals surface area contributed by atoms with Crippen molar-refractivity contribution in [2.24, 2.45) is 0 Å². The zero-order valence-electron chi connectivity index (χ0n) is 17.8. The normalized spacial score (nSPS) is 13.8. The molecule has 1 aliphatic heterocycles. The van der Waals surface area contributed by atoms with Crippen LogP contribution in [0, 0.1) is 5.82 Å². The Morgan fingerprint density at radius 3 is 2.75 bits per heavy atom. The van der Waals surface area contributed by atoms with Crippen molar-refractivity contribution in [1.29, 1.82) is 0 Å². The van der Waals surface area contributed by atoms with Crippen LogP contribution < -0.4 is 10.6 Å². The van der Waals surface area contributed by atoms with Gasteiger partial charge < -0.3 is 19.9 Å². The summed E-state index contributed by atoms with van der Waals surface area (Å²) in [6.45, 7) is 3.33. The minimum atomic E-state index is -0.461. The SMILES string of the molecule is CC[C@@H](NC(=O)c1cc(C(=O)NCc2cncc(F)c2)n2c1COCC2)c1ccccc1. The van der Waals surface area contributed by atoms with E-state index in [9.17, 15) is 14.0 Å². The third-order valence-corrected chi connectivity index (χ3v) is 5.51. The monoisotopic (exact) mass is 436 g/mol. The van der Waals surface area contributed by atoms with E-state index in [4.69, 9.17) is 4.74 Å². The number of hydrogen-bond acceptors (Lipinski definition) is 4. The second kappa shape index (κ2) is 9.74. The summed E-state index contributed by atoms with van der Waals surface area (Å²) in [5.74, 6) is -1.05. The van der Waals surface area contributed by atoms with Gasteiger partial charge in [0.25, 0.3) is 11.8 Å². The highest BCUT2D eigenvalue weighted by Crippen LogP contribution is 2.23. The van der Waals surface area contributed by atoms with Gasteiger partial charge in [0.05, 0.1) is 36.7 Å². The molecule has 0 fully saturated rings. The van der Waals surface area contributed by atoms with Gasteiger partial charge >= 0.3 is 0 Å². The highest BCUT2D eigenvalue weighted by Gasteiger charge is 2.27. The molecule has 0 radical (unpaired) electrons. The summed E-state index contributed by atoms with van der Waals surface area (Å²) in [6, 6.07) is 12.6. The van der Waals surface area contributed by atoms with Crippen molar-refractivity contribution in [2.75, 3.05) is 6.61 Å². The lowest BCUT2D eigenvalue weighted by Crippen LogP contribution is -2.30. The summed E-state index contributed by atoms with van der Waals surface area (Å²) in [5.41, 5.74) is 3.06. The average Bonchev–Trinajstić information content (AvgIpc) is 3.21. The Labute approximate surface area is 185 Å². The van der Waals surface area contributed by atoms with Crippen molar-refractivity contribution in [1.82, 2.24) is 20.2 Å². The number of pyridine rings is 1. The molecular formula is C24H25FN4O3. The molecule has 7 nitrogen and oxygen atoms in total. The molecule has 0 spiro atoms. The fourth-order valence-corrected chi connectivity index (χ4v) is 3.88. The predicted octanol–water partition coefficient (Wildman–Crippen LogP) is 3.36. The van der Waals surface area contributed by atoms with Crippen LogP contribution in [0.15, 0.2) is 54.9 Å². The standard InChI is InChI=1S/C24H25FN4O3/c1-2-20(17-6-4-3-5-7-17)28-23(30)19-11-21(29-8-9-32-15-22(19)29)24(31)27-13-16-10-18(25)14-26-12-16/h3-7,10-12,14,20H,2,8-9,13,15H2,1H3,(H,27,31)(H,28,30)/t20-/m1/s1. The average molecular weight is 436 g/mol. The van der Waals surface area contributed by atoms with Crippen LogP contribution in [-0.2, 0) is 24.4 Å². The van der Waals surface area contributed by atoms with Crippen LogP contribution in [0.4, 0.5) is 4.39 Å². The lowest BCUT2D eigenvalue weighted by Gasteiger charge is -2.20. The van der Waals surface area contributed by atoms with Gasteiger partial charge in [-0.1, -0.05) is 37.3 Å². The zero-order valence-corrected chi connectivity index (χ0v) is 17.8. The summed E-state index contributed by atoms with van der Waals surface area (Å²) >= 11 is 0. The lowest BCUT2D eigenvalue weighted by atomic mass is 10.0. The van der Waals surface area contributed by atoms with Crippen LogP contribution in [0.5, 0.6) is 0 Å². The van der Waals surface area contributed by atoms with E-state index < -0.39 is 5.82 Å². The molecule has 1 aliphatic rings. The summed E-state index contributed by atoms with van der Waals surface area (Å²) in [4.78, 5) is 29.8. The molecule has 3 aromatic rings. The molecule has 0 unspecified atom stereocenters. The quantitative estimate of drug-likeness (QED) is 0.595. The van der Waals surface area contributed by atoms with Gasteiger partial charge in [0.1, 0.15) is 11.5 Å². The van der Waals surface area contributed by atoms with Gasteiger partial charge in [-0.15, -0.1) is 0 Å². The van der Waals surface area contributed by atoms with Crippen LogP contribution in [0.2, 0.25) is 0 Å². The molecule has 0 saturated heterocycles. The topological polar surface area (TPSA) is 85.3 Å². The van der Waals surface area contributed by atoms with Gasteiger partial charge in [0.2, 0.25) is 0 Å². The Morgan fingerprint density at radius 1 is 1.19 bits per heavy atom. The largest absolute Gasteiger partial charge is 0.373 e. The number of ether oxygens (including phenoxy) is 1. The first-order chi connectivity index (χ1) is 15.6. The van der Waals surface area contributed by atoms with E-state index in [0.29, 0.717) is 35.7 Å². The van der Waals surface area contributed by atoms with E-state index in [0.717, 1.165) is 18.2 Å². The number of rotatable bonds is 7. The summed E-state index contributed by atoms with van der Waals surface area (Å²) in [6.07, 6.45) is 3.34. The molecular weight excluding hydrogens is 411 g/mol. The molecule has 2 aromatic heterocycles. The van der Waals surface area contributed by atoms with E-state index in [1.165, 1.54) is 12.3 Å². The number of benzene rings is 1. The van der Waals surface area contributed by atoms with Crippen molar-refractivity contribution in [3.63, 3.8) is 0 Å². The van der Waals surface area contributed by atoms with Crippen LogP contribution in [-0.4, -0.2) is 28.0 Å². The number of amides is 2. The Morgan fingerprint density at radius 2 is 2.00 bits per heavy atom. The number of nitrogens with one attached hydrogen (secondary N) is 2. The third-order valence-electron chi connectivity index (χ3n) is 5.51. The minimum absolute atomic E-state index is 0.133. The van der Waals surface area contributed by atoms with E-state index in [-0.39, 0.29) is 31.0 Å². The molecule has 1 atom stereocenters. The smallest absolute Gasteiger partial charge is 0.268 e. The zero-order chi connectivity index (χ0) is 22.5. The van der Waals surface area contributed by atoms with Crippen molar-refractivity contribution in [3.8, 4) is 0 Å². The molecule has 0 saturated carbocycles. The van der Waals surface area contributed by atoms with Crippen LogP contribution in [0.3, 0.4) is 0 Å². The van der Waals surface area contributed by atoms with Gasteiger partial charge in [0, 0.05) is 19.3 Å². The Hall–Kier alpha value is -3.52. The maximum absolute atomic E-state index is 13.4. The number of carbonyl (C=O) groups is 2. The number of nitrogens with zero attached hydrogens (tertiary/aromatic N) is 2. The van der Waals surface area contributed by atoms with Crippen LogP contribution in [0.1, 0.15) is 57.1 Å². The Bertz CT molecular complexity index is 1110. The summed E-state index contributed by atoms with van der Waals surface area (Å²) < 4.78 is 20.7. The van der Waals surface area contributed by atoms with Gasteiger partial charge in [-0.05, 0) is 29.7 Å². The highest BCUT2D eigenvalue weighted by molar-refractivity contribution is 6.00. The fourth-order valence-electron chi connectivity index (χ4n) is 3.88. The number of hydrogen-bond donors (Lipinski definition) is 2. The second-order valence-electron chi connectivity index (χ2n) is 7.63. The van der Waals surface area contributed by atoms with Crippen molar-refractivity contribution in [2.45, 2.75) is 39.1 Å². The van der Waals surface area contributed by atoms with E-state index in [2.05, 4.69) is 15.6 Å². The molecule has 0 bridgehead atoms. The second-order valence-corrected chi connectivity index (χ2v) is 7.63. The Balaban J connectivity index is 1.54. The van der Waals surface area contributed by atoms with Crippen LogP contribution >= 0.6 is 0 Å². The summed E-state index contributed by atoms with van der Waals surface area (Å²) in [7, 11) is 0. The molecule has 4 rings (SSSR count). The molecule has 2 N–H and O–H groups in total. The van der Waals surface area contributed by atoms with Gasteiger partial charge in [-0.2, -0.15) is 0 Å². The third kappa shape index (κ3) is 4.70. The summed E-state index contributed by atoms with van der Waals surface area (Å²) in [5, 5.41) is 5.86.